The van der Waals surface area contributed by atoms with Gasteiger partial charge in [0.1, 0.15) is 6.26 Å². The van der Waals surface area contributed by atoms with Crippen molar-refractivity contribution in [2.24, 2.45) is 0 Å². The molecular formula is C7H7NO2. The first-order chi connectivity index (χ1) is 4.88. The van der Waals surface area contributed by atoms with Crippen molar-refractivity contribution in [3.05, 3.63) is 23.6 Å². The van der Waals surface area contributed by atoms with Crippen LogP contribution in [-0.4, -0.2) is 12.5 Å². The highest BCUT2D eigenvalue weighted by Crippen LogP contribution is 2.19. The molecule has 0 saturated carbocycles. The van der Waals surface area contributed by atoms with E-state index in [1.807, 2.05) is 6.08 Å². The summed E-state index contributed by atoms with van der Waals surface area (Å²) < 4.78 is 4.67. The summed E-state index contributed by atoms with van der Waals surface area (Å²) >= 11 is 0. The summed E-state index contributed by atoms with van der Waals surface area (Å²) in [4.78, 5) is 10.8. The number of hydrogen-bond donors (Lipinski definition) is 1. The summed E-state index contributed by atoms with van der Waals surface area (Å²) in [6.07, 6.45) is 4.27. The quantitative estimate of drug-likeness (QED) is 0.488. The van der Waals surface area contributed by atoms with Crippen LogP contribution >= 0.6 is 0 Å². The van der Waals surface area contributed by atoms with Crippen molar-refractivity contribution in [3.63, 3.8) is 0 Å². The molecule has 3 nitrogen and oxygen atoms in total. The summed E-state index contributed by atoms with van der Waals surface area (Å²) in [7, 11) is 0. The predicted molar refractivity (Wildman–Crippen MR) is 34.9 cm³/mol. The third kappa shape index (κ3) is 0.635. The van der Waals surface area contributed by atoms with E-state index in [2.05, 4.69) is 10.1 Å². The zero-order valence-electron chi connectivity index (χ0n) is 5.39. The van der Waals surface area contributed by atoms with Crippen molar-refractivity contribution in [1.29, 1.82) is 0 Å². The van der Waals surface area contributed by atoms with E-state index >= 15 is 0 Å². The Kier molecular flexibility index (Phi) is 1.03. The summed E-state index contributed by atoms with van der Waals surface area (Å²) in [5.74, 6) is -0.234. The van der Waals surface area contributed by atoms with Gasteiger partial charge in [-0.3, -0.25) is 0 Å². The van der Waals surface area contributed by atoms with E-state index in [0.717, 1.165) is 18.7 Å². The lowest BCUT2D eigenvalue weighted by atomic mass is 10.1. The number of hydrogen-bond acceptors (Lipinski definition) is 3. The number of cyclic esters (lactones) is 1. The molecule has 0 aromatic rings. The van der Waals surface area contributed by atoms with Gasteiger partial charge in [-0.1, -0.05) is 6.08 Å². The van der Waals surface area contributed by atoms with Crippen molar-refractivity contribution in [2.45, 2.75) is 6.42 Å². The Morgan fingerprint density at radius 2 is 2.50 bits per heavy atom. The third-order valence-electron chi connectivity index (χ3n) is 1.60. The molecule has 10 heavy (non-hydrogen) atoms. The van der Waals surface area contributed by atoms with E-state index in [9.17, 15) is 4.79 Å². The Labute approximate surface area is 58.4 Å². The lowest BCUT2D eigenvalue weighted by molar-refractivity contribution is -0.132. The van der Waals surface area contributed by atoms with Gasteiger partial charge in [-0.25, -0.2) is 4.79 Å². The molecule has 0 bridgehead atoms. The molecule has 0 amide bonds. The molecule has 0 atom stereocenters. The molecule has 0 unspecified atom stereocenters. The van der Waals surface area contributed by atoms with Crippen molar-refractivity contribution < 1.29 is 9.53 Å². The molecule has 2 heterocycles. The van der Waals surface area contributed by atoms with Gasteiger partial charge in [0.15, 0.2) is 0 Å². The molecule has 0 radical (unpaired) electrons. The largest absolute Gasteiger partial charge is 0.429 e. The summed E-state index contributed by atoms with van der Waals surface area (Å²) in [5, 5.41) is 3.06. The molecule has 0 aromatic carbocycles. The van der Waals surface area contributed by atoms with Crippen molar-refractivity contribution in [1.82, 2.24) is 5.32 Å². The fraction of sp³-hybridized carbons (Fsp3) is 0.286. The second-order valence-corrected chi connectivity index (χ2v) is 2.27. The van der Waals surface area contributed by atoms with Crippen LogP contribution in [0, 0.1) is 0 Å². The monoisotopic (exact) mass is 137 g/mol. The van der Waals surface area contributed by atoms with Gasteiger partial charge < -0.3 is 10.1 Å². The normalized spacial score (nSPS) is 22.2. The Morgan fingerprint density at radius 3 is 3.30 bits per heavy atom. The lowest BCUT2D eigenvalue weighted by Gasteiger charge is -2.09. The zero-order chi connectivity index (χ0) is 6.97. The van der Waals surface area contributed by atoms with E-state index in [1.165, 1.54) is 6.26 Å². The van der Waals surface area contributed by atoms with Gasteiger partial charge in [0.25, 0.3) is 0 Å². The van der Waals surface area contributed by atoms with Crippen LogP contribution < -0.4 is 5.32 Å². The standard InChI is InChI=1S/C7H7NO2/c9-7-5-2-1-3-8-6(5)4-10-7/h2,4,8H,1,3H2. The molecule has 2 aliphatic rings. The van der Waals surface area contributed by atoms with Crippen molar-refractivity contribution >= 4 is 5.97 Å². The Bertz CT molecular complexity index is 240. The van der Waals surface area contributed by atoms with Crippen LogP contribution in [0.4, 0.5) is 0 Å². The molecule has 1 N–H and O–H groups in total. The molecule has 3 heteroatoms. The lowest BCUT2D eigenvalue weighted by Crippen LogP contribution is -2.20. The molecule has 0 aromatic heterocycles. The SMILES string of the molecule is O=C1OC=C2NCCC=C12. The highest BCUT2D eigenvalue weighted by Gasteiger charge is 2.23. The van der Waals surface area contributed by atoms with E-state index < -0.39 is 0 Å². The molecule has 0 spiro atoms. The van der Waals surface area contributed by atoms with Crippen LogP contribution in [-0.2, 0) is 9.53 Å². The molecule has 0 aliphatic carbocycles. The third-order valence-corrected chi connectivity index (χ3v) is 1.60. The van der Waals surface area contributed by atoms with Crippen LogP contribution in [0.5, 0.6) is 0 Å². The molecule has 52 valence electrons. The maximum absolute atomic E-state index is 10.8. The Hall–Kier alpha value is -1.25. The number of carbonyl (C=O) groups excluding carboxylic acids is 1. The minimum absolute atomic E-state index is 0.234. The van der Waals surface area contributed by atoms with Crippen LogP contribution in [0.25, 0.3) is 0 Å². The van der Waals surface area contributed by atoms with Crippen LogP contribution in [0.3, 0.4) is 0 Å². The average Bonchev–Trinajstić information content (AvgIpc) is 2.34. The van der Waals surface area contributed by atoms with Gasteiger partial charge in [0.05, 0.1) is 11.3 Å². The van der Waals surface area contributed by atoms with Gasteiger partial charge in [-0.05, 0) is 6.42 Å². The highest BCUT2D eigenvalue weighted by atomic mass is 16.5. The van der Waals surface area contributed by atoms with E-state index in [4.69, 9.17) is 0 Å². The molecule has 2 aliphatic heterocycles. The number of carbonyl (C=O) groups is 1. The second kappa shape index (κ2) is 1.87. The highest BCUT2D eigenvalue weighted by molar-refractivity contribution is 5.96. The predicted octanol–water partition coefficient (Wildman–Crippen LogP) is 0.304. The topological polar surface area (TPSA) is 38.3 Å². The summed E-state index contributed by atoms with van der Waals surface area (Å²) in [6, 6.07) is 0. The zero-order valence-corrected chi connectivity index (χ0v) is 5.39. The first-order valence-corrected chi connectivity index (χ1v) is 3.23. The van der Waals surface area contributed by atoms with Crippen molar-refractivity contribution in [2.75, 3.05) is 6.54 Å². The van der Waals surface area contributed by atoms with Gasteiger partial charge in [-0.2, -0.15) is 0 Å². The Balaban J connectivity index is 2.38. The first kappa shape index (κ1) is 5.53. The van der Waals surface area contributed by atoms with Crippen LogP contribution in [0.15, 0.2) is 23.6 Å². The minimum Gasteiger partial charge on any atom is -0.429 e. The van der Waals surface area contributed by atoms with Gasteiger partial charge in [0, 0.05) is 6.54 Å². The number of fused-ring (bicyclic) bond motifs is 1. The fourth-order valence-electron chi connectivity index (χ4n) is 1.10. The fourth-order valence-corrected chi connectivity index (χ4v) is 1.10. The molecule has 0 saturated heterocycles. The molecular weight excluding hydrogens is 130 g/mol. The number of esters is 1. The van der Waals surface area contributed by atoms with E-state index in [1.54, 1.807) is 0 Å². The number of nitrogens with one attached hydrogen (secondary N) is 1. The maximum atomic E-state index is 10.8. The summed E-state index contributed by atoms with van der Waals surface area (Å²) in [6.45, 7) is 0.895. The van der Waals surface area contributed by atoms with Gasteiger partial charge >= 0.3 is 5.97 Å². The summed E-state index contributed by atoms with van der Waals surface area (Å²) in [5.41, 5.74) is 1.52. The van der Waals surface area contributed by atoms with Gasteiger partial charge in [0.2, 0.25) is 0 Å². The molecule has 0 fully saturated rings. The smallest absolute Gasteiger partial charge is 0.344 e. The maximum Gasteiger partial charge on any atom is 0.344 e. The number of rotatable bonds is 0. The Morgan fingerprint density at radius 1 is 1.60 bits per heavy atom. The van der Waals surface area contributed by atoms with E-state index in [0.29, 0.717) is 5.57 Å². The average molecular weight is 137 g/mol. The van der Waals surface area contributed by atoms with E-state index in [-0.39, 0.29) is 5.97 Å². The van der Waals surface area contributed by atoms with Crippen LogP contribution in [0.1, 0.15) is 6.42 Å². The second-order valence-electron chi connectivity index (χ2n) is 2.27. The van der Waals surface area contributed by atoms with Crippen molar-refractivity contribution in [3.8, 4) is 0 Å². The van der Waals surface area contributed by atoms with Crippen LogP contribution in [0.2, 0.25) is 0 Å². The first-order valence-electron chi connectivity index (χ1n) is 3.23. The number of ether oxygens (including phenoxy) is 1. The van der Waals surface area contributed by atoms with Gasteiger partial charge in [-0.15, -0.1) is 0 Å². The minimum atomic E-state index is -0.234. The molecule has 2 rings (SSSR count).